The van der Waals surface area contributed by atoms with E-state index in [1.807, 2.05) is 0 Å². The van der Waals surface area contributed by atoms with E-state index in [1.165, 1.54) is 6.07 Å². The number of halogens is 1. The fraction of sp³-hybridized carbons (Fsp3) is 0.500. The van der Waals surface area contributed by atoms with Gasteiger partial charge in [0.25, 0.3) is 0 Å². The first kappa shape index (κ1) is 14.5. The van der Waals surface area contributed by atoms with Crippen molar-refractivity contribution in [2.75, 3.05) is 13.6 Å². The Balaban J connectivity index is 2.44. The van der Waals surface area contributed by atoms with Gasteiger partial charge in [-0.3, -0.25) is 0 Å². The molecule has 100 valence electrons. The van der Waals surface area contributed by atoms with Crippen LogP contribution in [0.4, 0.5) is 9.18 Å². The number of hydrogen-bond acceptors (Lipinski definition) is 1. The molecule has 1 N–H and O–H groups in total. The lowest BCUT2D eigenvalue weighted by Gasteiger charge is -2.17. The van der Waals surface area contributed by atoms with Crippen molar-refractivity contribution in [2.24, 2.45) is 0 Å². The predicted octanol–water partition coefficient (Wildman–Crippen LogP) is 3.08. The van der Waals surface area contributed by atoms with E-state index in [0.717, 1.165) is 24.9 Å². The second kappa shape index (κ2) is 6.99. The Morgan fingerprint density at radius 2 is 2.17 bits per heavy atom. The SMILES string of the molecule is CCCCN(C)C(=O)NCc1ccc(F)c(C)c1. The van der Waals surface area contributed by atoms with Crippen molar-refractivity contribution in [3.05, 3.63) is 35.1 Å². The maximum atomic E-state index is 13.1. The molecule has 1 aromatic carbocycles. The Labute approximate surface area is 108 Å². The van der Waals surface area contributed by atoms with Crippen molar-refractivity contribution < 1.29 is 9.18 Å². The van der Waals surface area contributed by atoms with Gasteiger partial charge < -0.3 is 10.2 Å². The first-order valence-corrected chi connectivity index (χ1v) is 6.28. The summed E-state index contributed by atoms with van der Waals surface area (Å²) >= 11 is 0. The number of carbonyl (C=O) groups excluding carboxylic acids is 1. The minimum absolute atomic E-state index is 0.0922. The van der Waals surface area contributed by atoms with Gasteiger partial charge in [0.1, 0.15) is 5.82 Å². The van der Waals surface area contributed by atoms with E-state index in [-0.39, 0.29) is 11.8 Å². The van der Waals surface area contributed by atoms with Gasteiger partial charge in [-0.15, -0.1) is 0 Å². The lowest BCUT2D eigenvalue weighted by atomic mass is 10.1. The topological polar surface area (TPSA) is 32.3 Å². The Morgan fingerprint density at radius 1 is 1.44 bits per heavy atom. The second-order valence-corrected chi connectivity index (χ2v) is 4.52. The highest BCUT2D eigenvalue weighted by molar-refractivity contribution is 5.73. The molecule has 0 bridgehead atoms. The third kappa shape index (κ3) is 4.35. The third-order valence-corrected chi connectivity index (χ3v) is 2.86. The molecule has 0 radical (unpaired) electrons. The van der Waals surface area contributed by atoms with Crippen molar-refractivity contribution in [3.63, 3.8) is 0 Å². The number of benzene rings is 1. The van der Waals surface area contributed by atoms with Gasteiger partial charge in [-0.25, -0.2) is 9.18 Å². The van der Waals surface area contributed by atoms with Crippen molar-refractivity contribution in [1.29, 1.82) is 0 Å². The molecule has 18 heavy (non-hydrogen) atoms. The molecule has 0 aromatic heterocycles. The molecule has 0 saturated carbocycles. The molecular weight excluding hydrogens is 231 g/mol. The average Bonchev–Trinajstić information content (AvgIpc) is 2.36. The molecule has 1 aromatic rings. The van der Waals surface area contributed by atoms with E-state index in [4.69, 9.17) is 0 Å². The molecule has 2 amide bonds. The molecule has 0 unspecified atom stereocenters. The summed E-state index contributed by atoms with van der Waals surface area (Å²) in [6.45, 7) is 4.99. The Morgan fingerprint density at radius 3 is 2.78 bits per heavy atom. The van der Waals surface area contributed by atoms with E-state index in [9.17, 15) is 9.18 Å². The highest BCUT2D eigenvalue weighted by Gasteiger charge is 2.07. The van der Waals surface area contributed by atoms with Crippen molar-refractivity contribution in [2.45, 2.75) is 33.2 Å². The Kier molecular flexibility index (Phi) is 5.62. The van der Waals surface area contributed by atoms with Crippen LogP contribution in [0.15, 0.2) is 18.2 Å². The van der Waals surface area contributed by atoms with Gasteiger partial charge in [0, 0.05) is 20.1 Å². The van der Waals surface area contributed by atoms with E-state index < -0.39 is 0 Å². The fourth-order valence-corrected chi connectivity index (χ4v) is 1.63. The van der Waals surface area contributed by atoms with Crippen molar-refractivity contribution in [3.8, 4) is 0 Å². The van der Waals surface area contributed by atoms with Crippen LogP contribution in [0.1, 0.15) is 30.9 Å². The predicted molar refractivity (Wildman–Crippen MR) is 70.9 cm³/mol. The second-order valence-electron chi connectivity index (χ2n) is 4.52. The number of nitrogens with zero attached hydrogens (tertiary/aromatic N) is 1. The number of rotatable bonds is 5. The highest BCUT2D eigenvalue weighted by Crippen LogP contribution is 2.09. The van der Waals surface area contributed by atoms with Crippen LogP contribution in [-0.2, 0) is 6.54 Å². The summed E-state index contributed by atoms with van der Waals surface area (Å²) in [5.74, 6) is -0.217. The van der Waals surface area contributed by atoms with Crippen LogP contribution < -0.4 is 5.32 Å². The van der Waals surface area contributed by atoms with E-state index >= 15 is 0 Å². The molecule has 3 nitrogen and oxygen atoms in total. The summed E-state index contributed by atoms with van der Waals surface area (Å²) < 4.78 is 13.1. The van der Waals surface area contributed by atoms with Crippen molar-refractivity contribution >= 4 is 6.03 Å². The van der Waals surface area contributed by atoms with Crippen molar-refractivity contribution in [1.82, 2.24) is 10.2 Å². The van der Waals surface area contributed by atoms with Crippen LogP contribution >= 0.6 is 0 Å². The first-order chi connectivity index (χ1) is 8.54. The van der Waals surface area contributed by atoms with Crippen LogP contribution in [0.2, 0.25) is 0 Å². The van der Waals surface area contributed by atoms with Gasteiger partial charge in [-0.05, 0) is 30.5 Å². The van der Waals surface area contributed by atoms with Crippen LogP contribution in [0.5, 0.6) is 0 Å². The molecule has 1 rings (SSSR count). The maximum Gasteiger partial charge on any atom is 0.317 e. The lowest BCUT2D eigenvalue weighted by molar-refractivity contribution is 0.207. The molecule has 0 aliphatic rings. The minimum atomic E-state index is -0.217. The van der Waals surface area contributed by atoms with Gasteiger partial charge in [0.05, 0.1) is 0 Å². The summed E-state index contributed by atoms with van der Waals surface area (Å²) in [4.78, 5) is 13.4. The van der Waals surface area contributed by atoms with Gasteiger partial charge in [-0.2, -0.15) is 0 Å². The minimum Gasteiger partial charge on any atom is -0.334 e. The molecule has 0 aliphatic heterocycles. The van der Waals surface area contributed by atoms with Crippen LogP contribution in [-0.4, -0.2) is 24.5 Å². The number of hydrogen-bond donors (Lipinski definition) is 1. The molecule has 0 fully saturated rings. The van der Waals surface area contributed by atoms with Gasteiger partial charge in [-0.1, -0.05) is 25.5 Å². The smallest absolute Gasteiger partial charge is 0.317 e. The van der Waals surface area contributed by atoms with Crippen LogP contribution in [0, 0.1) is 12.7 Å². The fourth-order valence-electron chi connectivity index (χ4n) is 1.63. The number of nitrogens with one attached hydrogen (secondary N) is 1. The molecule has 4 heteroatoms. The molecule has 0 atom stereocenters. The van der Waals surface area contributed by atoms with Crippen LogP contribution in [0.25, 0.3) is 0 Å². The molecule has 0 spiro atoms. The number of urea groups is 1. The normalized spacial score (nSPS) is 10.2. The largest absolute Gasteiger partial charge is 0.334 e. The summed E-state index contributed by atoms with van der Waals surface area (Å²) in [5, 5.41) is 2.82. The van der Waals surface area contributed by atoms with Crippen LogP contribution in [0.3, 0.4) is 0 Å². The molecule has 0 aliphatic carbocycles. The summed E-state index contributed by atoms with van der Waals surface area (Å²) in [6.07, 6.45) is 2.06. The van der Waals surface area contributed by atoms with Gasteiger partial charge in [0.15, 0.2) is 0 Å². The molecule has 0 saturated heterocycles. The maximum absolute atomic E-state index is 13.1. The number of aryl methyl sites for hydroxylation is 1. The zero-order valence-corrected chi connectivity index (χ0v) is 11.3. The summed E-state index contributed by atoms with van der Waals surface area (Å²) in [6, 6.07) is 4.78. The zero-order chi connectivity index (χ0) is 13.5. The summed E-state index contributed by atoms with van der Waals surface area (Å²) in [7, 11) is 1.78. The number of unbranched alkanes of at least 4 members (excludes halogenated alkanes) is 1. The number of carbonyl (C=O) groups is 1. The summed E-state index contributed by atoms with van der Waals surface area (Å²) in [5.41, 5.74) is 1.51. The third-order valence-electron chi connectivity index (χ3n) is 2.86. The standard InChI is InChI=1S/C14H21FN2O/c1-4-5-8-17(3)14(18)16-10-12-6-7-13(15)11(2)9-12/h6-7,9H,4-5,8,10H2,1-3H3,(H,16,18). The first-order valence-electron chi connectivity index (χ1n) is 6.28. The Hall–Kier alpha value is -1.58. The Bertz CT molecular complexity index is 407. The lowest BCUT2D eigenvalue weighted by Crippen LogP contribution is -2.37. The van der Waals surface area contributed by atoms with E-state index in [1.54, 1.807) is 31.0 Å². The molecule has 0 heterocycles. The highest BCUT2D eigenvalue weighted by atomic mass is 19.1. The average molecular weight is 252 g/mol. The molecular formula is C14H21FN2O. The monoisotopic (exact) mass is 252 g/mol. The number of amides is 2. The van der Waals surface area contributed by atoms with E-state index in [2.05, 4.69) is 12.2 Å². The quantitative estimate of drug-likeness (QED) is 0.858. The van der Waals surface area contributed by atoms with E-state index in [0.29, 0.717) is 12.1 Å². The van der Waals surface area contributed by atoms with Gasteiger partial charge in [0.2, 0.25) is 0 Å². The zero-order valence-electron chi connectivity index (χ0n) is 11.3. The van der Waals surface area contributed by atoms with Gasteiger partial charge >= 0.3 is 6.03 Å².